The van der Waals surface area contributed by atoms with E-state index in [9.17, 15) is 14.4 Å². The molecule has 1 aromatic rings. The molecular weight excluding hydrogens is 386 g/mol. The first-order chi connectivity index (χ1) is 14.2. The van der Waals surface area contributed by atoms with E-state index in [1.807, 2.05) is 30.3 Å². The molecule has 0 N–H and O–H groups in total. The van der Waals surface area contributed by atoms with Crippen LogP contribution in [0.1, 0.15) is 39.2 Å². The van der Waals surface area contributed by atoms with Crippen molar-refractivity contribution in [3.05, 3.63) is 35.9 Å². The number of piperazine rings is 1. The fraction of sp³-hybridized carbons (Fsp3) is 0.591. The number of amides is 3. The Morgan fingerprint density at radius 3 is 2.23 bits per heavy atom. The van der Waals surface area contributed by atoms with E-state index in [-0.39, 0.29) is 32.1 Å². The van der Waals surface area contributed by atoms with Gasteiger partial charge in [-0.1, -0.05) is 30.3 Å². The van der Waals surface area contributed by atoms with Gasteiger partial charge in [0.15, 0.2) is 0 Å². The summed E-state index contributed by atoms with van der Waals surface area (Å²) < 4.78 is 10.9. The molecule has 0 radical (unpaired) electrons. The van der Waals surface area contributed by atoms with Gasteiger partial charge in [-0.15, -0.1) is 0 Å². The van der Waals surface area contributed by atoms with Crippen LogP contribution in [0.4, 0.5) is 9.59 Å². The van der Waals surface area contributed by atoms with Gasteiger partial charge in [0.05, 0.1) is 6.54 Å². The van der Waals surface area contributed by atoms with E-state index >= 15 is 0 Å². The number of ether oxygens (including phenoxy) is 2. The Labute approximate surface area is 177 Å². The van der Waals surface area contributed by atoms with Gasteiger partial charge in [-0.05, 0) is 39.2 Å². The maximum atomic E-state index is 13.1. The van der Waals surface area contributed by atoms with Crippen LogP contribution in [0.15, 0.2) is 30.3 Å². The first kappa shape index (κ1) is 21.9. The van der Waals surface area contributed by atoms with Gasteiger partial charge in [-0.2, -0.15) is 0 Å². The molecule has 1 aromatic carbocycles. The van der Waals surface area contributed by atoms with Crippen molar-refractivity contribution in [1.82, 2.24) is 14.7 Å². The summed E-state index contributed by atoms with van der Waals surface area (Å²) in [7, 11) is 0. The average molecular weight is 418 g/mol. The second-order valence-electron chi connectivity index (χ2n) is 8.71. The predicted molar refractivity (Wildman–Crippen MR) is 111 cm³/mol. The largest absolute Gasteiger partial charge is 0.445 e. The zero-order valence-corrected chi connectivity index (χ0v) is 18.0. The average Bonchev–Trinajstić information content (AvgIpc) is 3.25. The lowest BCUT2D eigenvalue weighted by molar-refractivity contribution is -0.137. The molecule has 8 heteroatoms. The molecule has 2 heterocycles. The standard InChI is InChI=1S/C22H31N3O5/c1-22(2,3)30-21(28)25-14-13-24(15-18(25)19(26)23-11-7-8-12-23)20(27)29-16-17-9-5-4-6-10-17/h4-6,9-10,18H,7-8,11-16H2,1-3H3. The summed E-state index contributed by atoms with van der Waals surface area (Å²) in [5.41, 5.74) is 0.229. The third-order valence-corrected chi connectivity index (χ3v) is 5.17. The lowest BCUT2D eigenvalue weighted by Gasteiger charge is -2.41. The van der Waals surface area contributed by atoms with Gasteiger partial charge in [0.25, 0.3) is 0 Å². The van der Waals surface area contributed by atoms with E-state index in [1.54, 1.807) is 25.7 Å². The van der Waals surface area contributed by atoms with Crippen molar-refractivity contribution in [2.45, 2.75) is 51.9 Å². The summed E-state index contributed by atoms with van der Waals surface area (Å²) in [6.07, 6.45) is 0.890. The van der Waals surface area contributed by atoms with Crippen LogP contribution in [0.2, 0.25) is 0 Å². The highest BCUT2D eigenvalue weighted by Crippen LogP contribution is 2.20. The summed E-state index contributed by atoms with van der Waals surface area (Å²) in [6.45, 7) is 7.50. The number of benzene rings is 1. The van der Waals surface area contributed by atoms with Crippen LogP contribution in [0.3, 0.4) is 0 Å². The third-order valence-electron chi connectivity index (χ3n) is 5.17. The molecule has 2 saturated heterocycles. The summed E-state index contributed by atoms with van der Waals surface area (Å²) in [4.78, 5) is 43.2. The van der Waals surface area contributed by atoms with E-state index in [0.717, 1.165) is 18.4 Å². The SMILES string of the molecule is CC(C)(C)OC(=O)N1CCN(C(=O)OCc2ccccc2)CC1C(=O)N1CCCC1. The molecule has 1 unspecified atom stereocenters. The van der Waals surface area contributed by atoms with E-state index in [4.69, 9.17) is 9.47 Å². The van der Waals surface area contributed by atoms with E-state index in [1.165, 1.54) is 9.80 Å². The van der Waals surface area contributed by atoms with Crippen LogP contribution in [-0.4, -0.2) is 77.2 Å². The van der Waals surface area contributed by atoms with Crippen LogP contribution in [0.5, 0.6) is 0 Å². The Balaban J connectivity index is 1.68. The molecule has 2 aliphatic heterocycles. The Morgan fingerprint density at radius 1 is 0.933 bits per heavy atom. The number of carbonyl (C=O) groups is 3. The third kappa shape index (κ3) is 5.64. The molecule has 2 aliphatic rings. The smallest absolute Gasteiger partial charge is 0.411 e. The Kier molecular flexibility index (Phi) is 6.84. The van der Waals surface area contributed by atoms with Gasteiger partial charge in [0, 0.05) is 26.2 Å². The molecule has 0 bridgehead atoms. The Bertz CT molecular complexity index is 756. The van der Waals surface area contributed by atoms with Crippen molar-refractivity contribution >= 4 is 18.1 Å². The number of nitrogens with zero attached hydrogens (tertiary/aromatic N) is 3. The fourth-order valence-electron chi connectivity index (χ4n) is 3.66. The normalized spacial score (nSPS) is 19.6. The van der Waals surface area contributed by atoms with Gasteiger partial charge >= 0.3 is 12.2 Å². The molecule has 0 saturated carbocycles. The van der Waals surface area contributed by atoms with Crippen molar-refractivity contribution in [3.8, 4) is 0 Å². The lowest BCUT2D eigenvalue weighted by atomic mass is 10.1. The lowest BCUT2D eigenvalue weighted by Crippen LogP contribution is -2.62. The molecule has 0 aromatic heterocycles. The Hall–Kier alpha value is -2.77. The first-order valence-corrected chi connectivity index (χ1v) is 10.5. The zero-order valence-electron chi connectivity index (χ0n) is 18.0. The van der Waals surface area contributed by atoms with Crippen LogP contribution >= 0.6 is 0 Å². The summed E-state index contributed by atoms with van der Waals surface area (Å²) in [5.74, 6) is -0.140. The van der Waals surface area contributed by atoms with Gasteiger partial charge in [-0.3, -0.25) is 9.69 Å². The maximum absolute atomic E-state index is 13.1. The van der Waals surface area contributed by atoms with Crippen LogP contribution in [-0.2, 0) is 20.9 Å². The first-order valence-electron chi connectivity index (χ1n) is 10.5. The van der Waals surface area contributed by atoms with E-state index < -0.39 is 23.8 Å². The number of hydrogen-bond donors (Lipinski definition) is 0. The van der Waals surface area contributed by atoms with Gasteiger partial charge < -0.3 is 19.3 Å². The molecular formula is C22H31N3O5. The monoisotopic (exact) mass is 417 g/mol. The van der Waals surface area contributed by atoms with Crippen molar-refractivity contribution in [2.75, 3.05) is 32.7 Å². The molecule has 8 nitrogen and oxygen atoms in total. The van der Waals surface area contributed by atoms with Crippen molar-refractivity contribution in [1.29, 1.82) is 0 Å². The molecule has 2 fully saturated rings. The van der Waals surface area contributed by atoms with E-state index in [2.05, 4.69) is 0 Å². The molecule has 1 atom stereocenters. The maximum Gasteiger partial charge on any atom is 0.411 e. The molecule has 3 rings (SSSR count). The second kappa shape index (κ2) is 9.36. The number of likely N-dealkylation sites (tertiary alicyclic amines) is 1. The second-order valence-corrected chi connectivity index (χ2v) is 8.71. The van der Waals surface area contributed by atoms with E-state index in [0.29, 0.717) is 13.1 Å². The highest BCUT2D eigenvalue weighted by atomic mass is 16.6. The highest BCUT2D eigenvalue weighted by Gasteiger charge is 2.41. The Morgan fingerprint density at radius 2 is 1.60 bits per heavy atom. The number of hydrogen-bond acceptors (Lipinski definition) is 5. The van der Waals surface area contributed by atoms with Gasteiger partial charge in [-0.25, -0.2) is 9.59 Å². The number of carbonyl (C=O) groups excluding carboxylic acids is 3. The van der Waals surface area contributed by atoms with Crippen LogP contribution < -0.4 is 0 Å². The van der Waals surface area contributed by atoms with Gasteiger partial charge in [0.1, 0.15) is 18.2 Å². The molecule has 164 valence electrons. The highest BCUT2D eigenvalue weighted by molar-refractivity contribution is 5.87. The number of rotatable bonds is 3. The minimum atomic E-state index is -0.768. The minimum absolute atomic E-state index is 0.0994. The minimum Gasteiger partial charge on any atom is -0.445 e. The molecule has 0 aliphatic carbocycles. The topological polar surface area (TPSA) is 79.4 Å². The van der Waals surface area contributed by atoms with Crippen molar-refractivity contribution in [3.63, 3.8) is 0 Å². The summed E-state index contributed by atoms with van der Waals surface area (Å²) in [6, 6.07) is 8.66. The predicted octanol–water partition coefficient (Wildman–Crippen LogP) is 2.87. The quantitative estimate of drug-likeness (QED) is 0.756. The molecule has 30 heavy (non-hydrogen) atoms. The summed E-state index contributed by atoms with van der Waals surface area (Å²) >= 11 is 0. The zero-order chi connectivity index (χ0) is 21.7. The molecule has 0 spiro atoms. The van der Waals surface area contributed by atoms with Gasteiger partial charge in [0.2, 0.25) is 5.91 Å². The fourth-order valence-corrected chi connectivity index (χ4v) is 3.66. The summed E-state index contributed by atoms with van der Waals surface area (Å²) in [5, 5.41) is 0. The van der Waals surface area contributed by atoms with Crippen molar-refractivity contribution in [2.24, 2.45) is 0 Å². The van der Waals surface area contributed by atoms with Crippen LogP contribution in [0, 0.1) is 0 Å². The molecule has 3 amide bonds. The van der Waals surface area contributed by atoms with Crippen LogP contribution in [0.25, 0.3) is 0 Å². The van der Waals surface area contributed by atoms with Crippen molar-refractivity contribution < 1.29 is 23.9 Å².